The molecule has 1 N–H and O–H groups in total. The zero-order valence-corrected chi connectivity index (χ0v) is 9.61. The summed E-state index contributed by atoms with van der Waals surface area (Å²) in [4.78, 5) is 12.1. The Morgan fingerprint density at radius 1 is 1.59 bits per heavy atom. The van der Waals surface area contributed by atoms with Gasteiger partial charge in [0.25, 0.3) is 0 Å². The summed E-state index contributed by atoms with van der Waals surface area (Å²) in [6.07, 6.45) is 5.17. The highest BCUT2D eigenvalue weighted by Crippen LogP contribution is 2.23. The quantitative estimate of drug-likeness (QED) is 0.825. The van der Waals surface area contributed by atoms with E-state index in [1.807, 2.05) is 6.07 Å². The molecule has 1 rings (SSSR count). The van der Waals surface area contributed by atoms with Gasteiger partial charge in [-0.2, -0.15) is 5.26 Å². The maximum Gasteiger partial charge on any atom is 0.323 e. The lowest BCUT2D eigenvalue weighted by Gasteiger charge is -2.21. The third kappa shape index (κ3) is 3.41. The molecule has 0 aliphatic carbocycles. The largest absolute Gasteiger partial charge is 0.480 e. The minimum atomic E-state index is -1.01. The summed E-state index contributed by atoms with van der Waals surface area (Å²) in [7, 11) is 0. The number of terminal acetylenes is 1. The fourth-order valence-corrected chi connectivity index (χ4v) is 1.55. The molecular formula is C12H9ClN2O2. The molecule has 0 atom stereocenters. The van der Waals surface area contributed by atoms with Crippen molar-refractivity contribution in [2.45, 2.75) is 0 Å². The van der Waals surface area contributed by atoms with Crippen LogP contribution in [0, 0.1) is 23.7 Å². The molecule has 0 heterocycles. The van der Waals surface area contributed by atoms with Crippen LogP contribution in [-0.2, 0) is 4.79 Å². The summed E-state index contributed by atoms with van der Waals surface area (Å²) in [6.45, 7) is -0.150. The van der Waals surface area contributed by atoms with E-state index in [1.165, 1.54) is 11.0 Å². The Morgan fingerprint density at radius 2 is 2.29 bits per heavy atom. The van der Waals surface area contributed by atoms with Gasteiger partial charge in [-0.25, -0.2) is 0 Å². The fraction of sp³-hybridized carbons (Fsp3) is 0.167. The van der Waals surface area contributed by atoms with Crippen molar-refractivity contribution in [3.63, 3.8) is 0 Å². The summed E-state index contributed by atoms with van der Waals surface area (Å²) in [5.74, 6) is 1.34. The highest BCUT2D eigenvalue weighted by Gasteiger charge is 2.13. The zero-order valence-electron chi connectivity index (χ0n) is 8.85. The Morgan fingerprint density at radius 3 is 2.82 bits per heavy atom. The number of rotatable bonds is 4. The molecule has 0 aromatic heterocycles. The summed E-state index contributed by atoms with van der Waals surface area (Å²) in [5.41, 5.74) is 0.770. The number of anilines is 1. The molecule has 17 heavy (non-hydrogen) atoms. The van der Waals surface area contributed by atoms with E-state index in [0.29, 0.717) is 16.3 Å². The number of hydrogen-bond donors (Lipinski definition) is 1. The van der Waals surface area contributed by atoms with E-state index < -0.39 is 5.97 Å². The fourth-order valence-electron chi connectivity index (χ4n) is 1.37. The first-order chi connectivity index (χ1) is 8.08. The van der Waals surface area contributed by atoms with Gasteiger partial charge in [-0.3, -0.25) is 4.79 Å². The van der Waals surface area contributed by atoms with Crippen LogP contribution in [0.2, 0.25) is 5.02 Å². The number of carboxylic acids is 1. The van der Waals surface area contributed by atoms with E-state index in [2.05, 4.69) is 5.92 Å². The first-order valence-electron chi connectivity index (χ1n) is 4.68. The summed E-state index contributed by atoms with van der Waals surface area (Å²) < 4.78 is 0. The van der Waals surface area contributed by atoms with Crippen LogP contribution >= 0.6 is 11.6 Å². The van der Waals surface area contributed by atoms with Gasteiger partial charge in [-0.1, -0.05) is 17.5 Å². The zero-order chi connectivity index (χ0) is 12.8. The standard InChI is InChI=1S/C12H9ClN2O2/c1-2-5-15(8-12(16)17)11-4-3-10(13)6-9(11)7-14/h1,3-4,6H,5,8H2,(H,16,17). The van der Waals surface area contributed by atoms with Crippen molar-refractivity contribution in [3.8, 4) is 18.4 Å². The molecule has 4 nitrogen and oxygen atoms in total. The van der Waals surface area contributed by atoms with E-state index in [4.69, 9.17) is 28.4 Å². The number of benzene rings is 1. The Kier molecular flexibility index (Phi) is 4.39. The Labute approximate surface area is 104 Å². The molecular weight excluding hydrogens is 240 g/mol. The van der Waals surface area contributed by atoms with Crippen LogP contribution in [0.3, 0.4) is 0 Å². The minimum Gasteiger partial charge on any atom is -0.480 e. The molecule has 0 aliphatic rings. The second kappa shape index (κ2) is 5.79. The van der Waals surface area contributed by atoms with Gasteiger partial charge in [0.15, 0.2) is 0 Å². The molecule has 5 heteroatoms. The van der Waals surface area contributed by atoms with Crippen LogP contribution in [0.25, 0.3) is 0 Å². The Balaban J connectivity index is 3.14. The number of carbonyl (C=O) groups is 1. The first-order valence-corrected chi connectivity index (χ1v) is 5.06. The maximum atomic E-state index is 10.7. The van der Waals surface area contributed by atoms with Crippen LogP contribution in [0.1, 0.15) is 5.56 Å². The van der Waals surface area contributed by atoms with Crippen LogP contribution in [0.4, 0.5) is 5.69 Å². The Bertz CT molecular complexity index is 514. The number of hydrogen-bond acceptors (Lipinski definition) is 3. The molecule has 0 spiro atoms. The van der Waals surface area contributed by atoms with Crippen LogP contribution < -0.4 is 4.90 Å². The predicted octanol–water partition coefficient (Wildman–Crippen LogP) is 1.74. The van der Waals surface area contributed by atoms with Crippen LogP contribution in [-0.4, -0.2) is 24.2 Å². The third-order valence-electron chi connectivity index (χ3n) is 2.03. The highest BCUT2D eigenvalue weighted by atomic mass is 35.5. The molecule has 0 fully saturated rings. The van der Waals surface area contributed by atoms with Crippen molar-refractivity contribution in [2.75, 3.05) is 18.0 Å². The molecule has 86 valence electrons. The van der Waals surface area contributed by atoms with Crippen LogP contribution in [0.15, 0.2) is 18.2 Å². The molecule has 0 saturated heterocycles. The predicted molar refractivity (Wildman–Crippen MR) is 64.8 cm³/mol. The molecule has 0 amide bonds. The SMILES string of the molecule is C#CCN(CC(=O)O)c1ccc(Cl)cc1C#N. The van der Waals surface area contributed by atoms with Gasteiger partial charge >= 0.3 is 5.97 Å². The monoisotopic (exact) mass is 248 g/mol. The molecule has 0 unspecified atom stereocenters. The van der Waals surface area contributed by atoms with Gasteiger partial charge in [0.05, 0.1) is 17.8 Å². The van der Waals surface area contributed by atoms with Crippen molar-refractivity contribution in [2.24, 2.45) is 0 Å². The summed E-state index contributed by atoms with van der Waals surface area (Å²) in [5, 5.41) is 18.1. The van der Waals surface area contributed by atoms with Gasteiger partial charge < -0.3 is 10.0 Å². The summed E-state index contributed by atoms with van der Waals surface area (Å²) in [6, 6.07) is 6.61. The molecule has 0 bridgehead atoms. The molecule has 0 radical (unpaired) electrons. The summed E-state index contributed by atoms with van der Waals surface area (Å²) >= 11 is 5.76. The molecule has 0 aliphatic heterocycles. The second-order valence-electron chi connectivity index (χ2n) is 3.23. The average Bonchev–Trinajstić information content (AvgIpc) is 2.27. The third-order valence-corrected chi connectivity index (χ3v) is 2.26. The van der Waals surface area contributed by atoms with Crippen LogP contribution in [0.5, 0.6) is 0 Å². The lowest BCUT2D eigenvalue weighted by atomic mass is 10.1. The lowest BCUT2D eigenvalue weighted by molar-refractivity contribution is -0.135. The topological polar surface area (TPSA) is 64.3 Å². The second-order valence-corrected chi connectivity index (χ2v) is 3.66. The number of halogens is 1. The van der Waals surface area contributed by atoms with Gasteiger partial charge in [0.2, 0.25) is 0 Å². The molecule has 0 saturated carbocycles. The minimum absolute atomic E-state index is 0.114. The van der Waals surface area contributed by atoms with Crippen molar-refractivity contribution in [3.05, 3.63) is 28.8 Å². The van der Waals surface area contributed by atoms with Gasteiger partial charge in [-0.15, -0.1) is 6.42 Å². The first kappa shape index (κ1) is 12.9. The highest BCUT2D eigenvalue weighted by molar-refractivity contribution is 6.30. The van der Waals surface area contributed by atoms with E-state index in [9.17, 15) is 4.79 Å². The van der Waals surface area contributed by atoms with E-state index in [-0.39, 0.29) is 13.1 Å². The van der Waals surface area contributed by atoms with Gasteiger partial charge in [0.1, 0.15) is 12.6 Å². The molecule has 1 aromatic rings. The van der Waals surface area contributed by atoms with Crippen molar-refractivity contribution < 1.29 is 9.90 Å². The van der Waals surface area contributed by atoms with E-state index in [0.717, 1.165) is 0 Å². The average molecular weight is 249 g/mol. The number of nitriles is 1. The van der Waals surface area contributed by atoms with Crippen molar-refractivity contribution in [1.82, 2.24) is 0 Å². The maximum absolute atomic E-state index is 10.7. The lowest BCUT2D eigenvalue weighted by Crippen LogP contribution is -2.30. The van der Waals surface area contributed by atoms with Gasteiger partial charge in [-0.05, 0) is 18.2 Å². The van der Waals surface area contributed by atoms with Crippen molar-refractivity contribution in [1.29, 1.82) is 5.26 Å². The Hall–Kier alpha value is -2.17. The number of carboxylic acid groups (broad SMARTS) is 1. The normalized spacial score (nSPS) is 9.12. The van der Waals surface area contributed by atoms with Crippen molar-refractivity contribution >= 4 is 23.3 Å². The number of aliphatic carboxylic acids is 1. The van der Waals surface area contributed by atoms with Gasteiger partial charge in [0, 0.05) is 5.02 Å². The number of nitrogens with zero attached hydrogens (tertiary/aromatic N) is 2. The molecule has 1 aromatic carbocycles. The smallest absolute Gasteiger partial charge is 0.323 e. The van der Waals surface area contributed by atoms with E-state index in [1.54, 1.807) is 12.1 Å². The van der Waals surface area contributed by atoms with E-state index >= 15 is 0 Å².